The molecule has 7 atom stereocenters. The number of hydrogen-bond donors (Lipinski definition) is 0. The van der Waals surface area contributed by atoms with Crippen LogP contribution in [-0.4, -0.2) is 60.9 Å². The maximum absolute atomic E-state index is 13.2. The Kier molecular flexibility index (Phi) is 4.65. The number of epoxide rings is 1. The highest BCUT2D eigenvalue weighted by atomic mass is 35.5. The zero-order valence-corrected chi connectivity index (χ0v) is 19.3. The van der Waals surface area contributed by atoms with Gasteiger partial charge in [0.25, 0.3) is 0 Å². The number of ether oxygens (including phenoxy) is 2. The first-order valence-corrected chi connectivity index (χ1v) is 12.4. The van der Waals surface area contributed by atoms with Crippen LogP contribution >= 0.6 is 11.6 Å². The molecule has 31 heavy (non-hydrogen) atoms. The zero-order valence-electron chi connectivity index (χ0n) is 18.6. The molecule has 1 aromatic carbocycles. The number of rotatable bonds is 3. The van der Waals surface area contributed by atoms with E-state index in [-0.39, 0.29) is 29.2 Å². The Labute approximate surface area is 190 Å². The zero-order chi connectivity index (χ0) is 21.4. The van der Waals surface area contributed by atoms with E-state index < -0.39 is 0 Å². The molecule has 168 valence electrons. The molecule has 2 aliphatic carbocycles. The fraction of sp³-hybridized carbons (Fsp3) is 0.720. The molecule has 0 radical (unpaired) electrons. The van der Waals surface area contributed by atoms with Crippen LogP contribution in [0.5, 0.6) is 0 Å². The van der Waals surface area contributed by atoms with Crippen molar-refractivity contribution in [1.29, 1.82) is 0 Å². The highest BCUT2D eigenvalue weighted by molar-refractivity contribution is 6.30. The summed E-state index contributed by atoms with van der Waals surface area (Å²) in [7, 11) is 0. The third-order valence-corrected chi connectivity index (χ3v) is 9.33. The maximum Gasteiger partial charge on any atom is 0.311 e. The average molecular weight is 445 g/mol. The lowest BCUT2D eigenvalue weighted by Crippen LogP contribution is -2.58. The molecule has 5 aliphatic rings. The lowest BCUT2D eigenvalue weighted by atomic mass is 9.55. The summed E-state index contributed by atoms with van der Waals surface area (Å²) in [5.74, 6) is 1.39. The first-order valence-electron chi connectivity index (χ1n) is 12.0. The van der Waals surface area contributed by atoms with Crippen LogP contribution < -0.4 is 4.90 Å². The third-order valence-electron chi connectivity index (χ3n) is 9.09. The summed E-state index contributed by atoms with van der Waals surface area (Å²) in [6.45, 7) is 9.24. The van der Waals surface area contributed by atoms with Gasteiger partial charge in [-0.3, -0.25) is 9.69 Å². The van der Waals surface area contributed by atoms with Crippen LogP contribution in [0.4, 0.5) is 5.69 Å². The number of carbonyl (C=O) groups excluding carboxylic acids is 1. The van der Waals surface area contributed by atoms with Crippen LogP contribution in [0.15, 0.2) is 24.3 Å². The number of hydrogen-bond acceptors (Lipinski definition) is 5. The second-order valence-corrected chi connectivity index (χ2v) is 11.2. The van der Waals surface area contributed by atoms with Crippen molar-refractivity contribution in [3.8, 4) is 0 Å². The topological polar surface area (TPSA) is 45.3 Å². The Morgan fingerprint density at radius 2 is 1.94 bits per heavy atom. The highest BCUT2D eigenvalue weighted by Gasteiger charge is 2.77. The van der Waals surface area contributed by atoms with Crippen molar-refractivity contribution in [3.05, 3.63) is 29.3 Å². The summed E-state index contributed by atoms with van der Waals surface area (Å²) in [4.78, 5) is 18.1. The van der Waals surface area contributed by atoms with Gasteiger partial charge in [0.15, 0.2) is 0 Å². The van der Waals surface area contributed by atoms with Gasteiger partial charge in [0, 0.05) is 55.3 Å². The minimum Gasteiger partial charge on any atom is -0.455 e. The van der Waals surface area contributed by atoms with Gasteiger partial charge in [-0.1, -0.05) is 24.6 Å². The molecule has 0 N–H and O–H groups in total. The molecular weight excluding hydrogens is 412 g/mol. The number of fused-ring (bicyclic) bond motifs is 1. The Morgan fingerprint density at radius 1 is 1.13 bits per heavy atom. The molecule has 0 aromatic heterocycles. The SMILES string of the molecule is C[C@@H]1CC[C@@H]2[C@H](CN3CCN(c4cccc(Cl)c4)CC3)C(=O)O[C@]23[C@@H]1CC[C@@]1(C)O[C@H]31. The van der Waals surface area contributed by atoms with Crippen LogP contribution in [0.3, 0.4) is 0 Å². The molecule has 0 amide bonds. The van der Waals surface area contributed by atoms with E-state index in [1.807, 2.05) is 18.2 Å². The van der Waals surface area contributed by atoms with Gasteiger partial charge < -0.3 is 14.4 Å². The number of carbonyl (C=O) groups is 1. The van der Waals surface area contributed by atoms with E-state index in [1.165, 1.54) is 12.1 Å². The predicted molar refractivity (Wildman–Crippen MR) is 120 cm³/mol. The van der Waals surface area contributed by atoms with E-state index in [9.17, 15) is 4.79 Å². The van der Waals surface area contributed by atoms with Crippen molar-refractivity contribution in [2.75, 3.05) is 37.6 Å². The van der Waals surface area contributed by atoms with E-state index in [0.29, 0.717) is 17.8 Å². The standard InChI is InChI=1S/C25H33ClN2O3/c1-16-6-7-21-19(22(29)30-25(21)20(16)8-9-24(2)23(25)31-24)15-27-10-12-28(13-11-27)18-5-3-4-17(26)14-18/h3-5,14,16,19-21,23H,6-13,15H2,1-2H3/t16-,19+,20-,21-,23+,24-,25-/m1/s1. The molecule has 5 fully saturated rings. The number of halogens is 1. The number of benzene rings is 1. The second kappa shape index (κ2) is 7.10. The Balaban J connectivity index is 1.17. The van der Waals surface area contributed by atoms with Crippen molar-refractivity contribution < 1.29 is 14.3 Å². The van der Waals surface area contributed by atoms with Crippen molar-refractivity contribution in [2.45, 2.75) is 56.8 Å². The summed E-state index contributed by atoms with van der Waals surface area (Å²) in [5, 5.41) is 0.779. The van der Waals surface area contributed by atoms with Crippen LogP contribution in [0.1, 0.15) is 39.5 Å². The van der Waals surface area contributed by atoms with Gasteiger partial charge in [0.2, 0.25) is 0 Å². The molecule has 6 heteroatoms. The molecule has 3 saturated heterocycles. The largest absolute Gasteiger partial charge is 0.455 e. The van der Waals surface area contributed by atoms with E-state index in [0.717, 1.165) is 57.0 Å². The lowest BCUT2D eigenvalue weighted by molar-refractivity contribution is -0.168. The molecule has 1 spiro atoms. The Hall–Kier alpha value is -1.30. The quantitative estimate of drug-likeness (QED) is 0.521. The fourth-order valence-corrected chi connectivity index (χ4v) is 7.59. The summed E-state index contributed by atoms with van der Waals surface area (Å²) in [6.07, 6.45) is 4.64. The predicted octanol–water partition coefficient (Wildman–Crippen LogP) is 3.99. The van der Waals surface area contributed by atoms with Crippen molar-refractivity contribution in [1.82, 2.24) is 4.90 Å². The van der Waals surface area contributed by atoms with Gasteiger partial charge in [0.1, 0.15) is 11.7 Å². The second-order valence-electron chi connectivity index (χ2n) is 10.8. The van der Waals surface area contributed by atoms with Crippen LogP contribution in [0.2, 0.25) is 5.02 Å². The fourth-order valence-electron chi connectivity index (χ4n) is 7.40. The van der Waals surface area contributed by atoms with Gasteiger partial charge in [-0.15, -0.1) is 0 Å². The van der Waals surface area contributed by atoms with Crippen molar-refractivity contribution in [2.24, 2.45) is 23.7 Å². The molecular formula is C25H33ClN2O3. The number of nitrogens with zero attached hydrogens (tertiary/aromatic N) is 2. The summed E-state index contributed by atoms with van der Waals surface area (Å²) in [6, 6.07) is 8.09. The van der Waals surface area contributed by atoms with Crippen LogP contribution in [0, 0.1) is 23.7 Å². The first-order chi connectivity index (χ1) is 14.9. The maximum atomic E-state index is 13.2. The summed E-state index contributed by atoms with van der Waals surface area (Å²) >= 11 is 6.18. The summed E-state index contributed by atoms with van der Waals surface area (Å²) < 4.78 is 12.6. The molecule has 3 aliphatic heterocycles. The average Bonchev–Trinajstić information content (AvgIpc) is 3.38. The van der Waals surface area contributed by atoms with Crippen molar-refractivity contribution in [3.63, 3.8) is 0 Å². The summed E-state index contributed by atoms with van der Waals surface area (Å²) in [5.41, 5.74) is 0.751. The smallest absolute Gasteiger partial charge is 0.311 e. The monoisotopic (exact) mass is 444 g/mol. The molecule has 0 unspecified atom stereocenters. The van der Waals surface area contributed by atoms with Crippen molar-refractivity contribution >= 4 is 23.3 Å². The number of anilines is 1. The molecule has 5 nitrogen and oxygen atoms in total. The minimum absolute atomic E-state index is 0.0146. The lowest BCUT2D eigenvalue weighted by Gasteiger charge is -2.50. The van der Waals surface area contributed by atoms with E-state index in [1.54, 1.807) is 0 Å². The minimum atomic E-state index is -0.366. The van der Waals surface area contributed by atoms with Gasteiger partial charge in [-0.25, -0.2) is 0 Å². The Morgan fingerprint density at radius 3 is 2.71 bits per heavy atom. The van der Waals surface area contributed by atoms with Gasteiger partial charge in [-0.05, 0) is 56.7 Å². The van der Waals surface area contributed by atoms with Gasteiger partial charge in [-0.2, -0.15) is 0 Å². The van der Waals surface area contributed by atoms with Gasteiger partial charge in [0.05, 0.1) is 11.5 Å². The molecule has 2 saturated carbocycles. The molecule has 3 heterocycles. The third kappa shape index (κ3) is 3.07. The van der Waals surface area contributed by atoms with E-state index in [4.69, 9.17) is 21.1 Å². The van der Waals surface area contributed by atoms with E-state index >= 15 is 0 Å². The first kappa shape index (κ1) is 20.3. The highest BCUT2D eigenvalue weighted by Crippen LogP contribution is 2.66. The Bertz CT molecular complexity index is 887. The van der Waals surface area contributed by atoms with Crippen LogP contribution in [0.25, 0.3) is 0 Å². The van der Waals surface area contributed by atoms with Gasteiger partial charge >= 0.3 is 5.97 Å². The van der Waals surface area contributed by atoms with E-state index in [2.05, 4.69) is 29.7 Å². The van der Waals surface area contributed by atoms with Crippen LogP contribution in [-0.2, 0) is 14.3 Å². The normalized spacial score (nSPS) is 44.3. The number of piperazine rings is 1. The molecule has 0 bridgehead atoms. The molecule has 1 aromatic rings. The molecule has 6 rings (SSSR count). The number of esters is 1.